The molecule has 0 fully saturated rings. The average molecular weight is 426 g/mol. The number of thioether (sulfide) groups is 1. The number of rotatable bonds is 9. The first-order valence-corrected chi connectivity index (χ1v) is 10.1. The van der Waals surface area contributed by atoms with Gasteiger partial charge in [-0.1, -0.05) is 18.2 Å². The Labute approximate surface area is 171 Å². The SMILES string of the molecule is CSCCC(NC(=O)c1ccccc1)C(=O)Nc1ccc(OCC(F)(F)F)cc1. The maximum atomic E-state index is 12.6. The lowest BCUT2D eigenvalue weighted by molar-refractivity contribution is -0.153. The lowest BCUT2D eigenvalue weighted by Gasteiger charge is -2.18. The normalized spacial score (nSPS) is 12.1. The van der Waals surface area contributed by atoms with Gasteiger partial charge in [-0.15, -0.1) is 0 Å². The van der Waals surface area contributed by atoms with Crippen LogP contribution >= 0.6 is 11.8 Å². The van der Waals surface area contributed by atoms with Crippen molar-refractivity contribution in [2.75, 3.05) is 23.9 Å². The minimum absolute atomic E-state index is 0.0386. The Hall–Kier alpha value is -2.68. The highest BCUT2D eigenvalue weighted by atomic mass is 32.2. The number of hydrogen-bond acceptors (Lipinski definition) is 4. The Morgan fingerprint density at radius 3 is 2.31 bits per heavy atom. The number of amides is 2. The van der Waals surface area contributed by atoms with E-state index in [1.165, 1.54) is 24.3 Å². The second kappa shape index (κ2) is 10.8. The molecule has 0 radical (unpaired) electrons. The average Bonchev–Trinajstić information content (AvgIpc) is 2.70. The number of anilines is 1. The van der Waals surface area contributed by atoms with Crippen LogP contribution in [0, 0.1) is 0 Å². The lowest BCUT2D eigenvalue weighted by atomic mass is 10.1. The van der Waals surface area contributed by atoms with E-state index >= 15 is 0 Å². The van der Waals surface area contributed by atoms with Crippen LogP contribution in [0.15, 0.2) is 54.6 Å². The maximum Gasteiger partial charge on any atom is 0.422 e. The Balaban J connectivity index is 1.99. The van der Waals surface area contributed by atoms with Gasteiger partial charge in [-0.3, -0.25) is 9.59 Å². The first-order valence-electron chi connectivity index (χ1n) is 8.74. The van der Waals surface area contributed by atoms with Crippen LogP contribution in [0.25, 0.3) is 0 Å². The highest BCUT2D eigenvalue weighted by Crippen LogP contribution is 2.20. The fourth-order valence-electron chi connectivity index (χ4n) is 2.36. The zero-order valence-corrected chi connectivity index (χ0v) is 16.5. The molecule has 156 valence electrons. The molecule has 0 aliphatic heterocycles. The van der Waals surface area contributed by atoms with Gasteiger partial charge in [0.1, 0.15) is 11.8 Å². The minimum atomic E-state index is -4.42. The van der Waals surface area contributed by atoms with Crippen LogP contribution in [0.5, 0.6) is 5.75 Å². The van der Waals surface area contributed by atoms with Crippen molar-refractivity contribution in [3.8, 4) is 5.75 Å². The third-order valence-electron chi connectivity index (χ3n) is 3.79. The lowest BCUT2D eigenvalue weighted by Crippen LogP contribution is -2.44. The quantitative estimate of drug-likeness (QED) is 0.633. The predicted octanol–water partition coefficient (Wildman–Crippen LogP) is 4.12. The summed E-state index contributed by atoms with van der Waals surface area (Å²) in [5.41, 5.74) is 0.832. The zero-order chi connectivity index (χ0) is 21.3. The van der Waals surface area contributed by atoms with Gasteiger partial charge in [-0.25, -0.2) is 0 Å². The van der Waals surface area contributed by atoms with Gasteiger partial charge in [0, 0.05) is 11.3 Å². The summed E-state index contributed by atoms with van der Waals surface area (Å²) < 4.78 is 41.2. The molecule has 0 spiro atoms. The zero-order valence-electron chi connectivity index (χ0n) is 15.7. The fraction of sp³-hybridized carbons (Fsp3) is 0.300. The third kappa shape index (κ3) is 8.06. The van der Waals surface area contributed by atoms with Crippen LogP contribution < -0.4 is 15.4 Å². The van der Waals surface area contributed by atoms with Crippen LogP contribution in [0.4, 0.5) is 18.9 Å². The largest absolute Gasteiger partial charge is 0.484 e. The molecule has 1 atom stereocenters. The molecule has 0 saturated carbocycles. The number of benzene rings is 2. The molecule has 0 saturated heterocycles. The molecular weight excluding hydrogens is 405 g/mol. The van der Waals surface area contributed by atoms with Crippen molar-refractivity contribution in [3.63, 3.8) is 0 Å². The predicted molar refractivity (Wildman–Crippen MR) is 107 cm³/mol. The second-order valence-corrected chi connectivity index (χ2v) is 7.08. The molecule has 0 heterocycles. The summed E-state index contributed by atoms with van der Waals surface area (Å²) >= 11 is 1.55. The van der Waals surface area contributed by atoms with Crippen LogP contribution in [0.3, 0.4) is 0 Å². The van der Waals surface area contributed by atoms with Gasteiger partial charge < -0.3 is 15.4 Å². The number of halogens is 3. The van der Waals surface area contributed by atoms with Gasteiger partial charge in [0.15, 0.2) is 6.61 Å². The molecule has 0 aliphatic carbocycles. The smallest absolute Gasteiger partial charge is 0.422 e. The van der Waals surface area contributed by atoms with E-state index in [0.29, 0.717) is 23.4 Å². The van der Waals surface area contributed by atoms with Gasteiger partial charge in [0.2, 0.25) is 5.91 Å². The van der Waals surface area contributed by atoms with E-state index in [4.69, 9.17) is 0 Å². The molecule has 0 aliphatic rings. The number of nitrogens with one attached hydrogen (secondary N) is 2. The molecule has 0 bridgehead atoms. The van der Waals surface area contributed by atoms with Gasteiger partial charge >= 0.3 is 6.18 Å². The molecule has 2 aromatic carbocycles. The van der Waals surface area contributed by atoms with Crippen molar-refractivity contribution in [2.24, 2.45) is 0 Å². The molecular formula is C20H21F3N2O3S. The van der Waals surface area contributed by atoms with E-state index in [2.05, 4.69) is 15.4 Å². The van der Waals surface area contributed by atoms with Gasteiger partial charge in [0.25, 0.3) is 5.91 Å². The highest BCUT2D eigenvalue weighted by Gasteiger charge is 2.28. The van der Waals surface area contributed by atoms with Crippen LogP contribution in [0.2, 0.25) is 0 Å². The van der Waals surface area contributed by atoms with Crippen LogP contribution in [0.1, 0.15) is 16.8 Å². The summed E-state index contributed by atoms with van der Waals surface area (Å²) in [4.78, 5) is 25.0. The van der Waals surface area contributed by atoms with Crippen molar-refractivity contribution in [1.29, 1.82) is 0 Å². The van der Waals surface area contributed by atoms with Gasteiger partial charge in [0.05, 0.1) is 0 Å². The highest BCUT2D eigenvalue weighted by molar-refractivity contribution is 7.98. The van der Waals surface area contributed by atoms with E-state index in [-0.39, 0.29) is 11.7 Å². The Kier molecular flexibility index (Phi) is 8.38. The van der Waals surface area contributed by atoms with Crippen molar-refractivity contribution < 1.29 is 27.5 Å². The van der Waals surface area contributed by atoms with Crippen LogP contribution in [-0.2, 0) is 4.79 Å². The summed E-state index contributed by atoms with van der Waals surface area (Å²) in [5, 5.41) is 5.39. The topological polar surface area (TPSA) is 67.4 Å². The van der Waals surface area contributed by atoms with E-state index in [1.807, 2.05) is 6.26 Å². The van der Waals surface area contributed by atoms with Crippen molar-refractivity contribution >= 4 is 29.3 Å². The molecule has 9 heteroatoms. The van der Waals surface area contributed by atoms with Crippen molar-refractivity contribution in [2.45, 2.75) is 18.6 Å². The van der Waals surface area contributed by atoms with Gasteiger partial charge in [-0.2, -0.15) is 24.9 Å². The number of alkyl halides is 3. The standard InChI is InChI=1S/C20H21F3N2O3S/c1-29-12-11-17(25-18(26)14-5-3-2-4-6-14)19(27)24-15-7-9-16(10-8-15)28-13-20(21,22)23/h2-10,17H,11-13H2,1H3,(H,24,27)(H,25,26). The first-order chi connectivity index (χ1) is 13.8. The first kappa shape index (κ1) is 22.6. The number of ether oxygens (including phenoxy) is 1. The molecule has 29 heavy (non-hydrogen) atoms. The maximum absolute atomic E-state index is 12.6. The summed E-state index contributed by atoms with van der Waals surface area (Å²) in [7, 11) is 0. The fourth-order valence-corrected chi connectivity index (χ4v) is 2.84. The van der Waals surface area contributed by atoms with E-state index < -0.39 is 24.7 Å². The Morgan fingerprint density at radius 1 is 1.07 bits per heavy atom. The molecule has 1 unspecified atom stereocenters. The van der Waals surface area contributed by atoms with E-state index in [1.54, 1.807) is 42.1 Å². The van der Waals surface area contributed by atoms with Crippen molar-refractivity contribution in [1.82, 2.24) is 5.32 Å². The number of carbonyl (C=O) groups is 2. The van der Waals surface area contributed by atoms with E-state index in [9.17, 15) is 22.8 Å². The summed E-state index contributed by atoms with van der Waals surface area (Å²) in [6.45, 7) is -1.39. The van der Waals surface area contributed by atoms with Gasteiger partial charge in [-0.05, 0) is 54.8 Å². The second-order valence-electron chi connectivity index (χ2n) is 6.09. The molecule has 0 aromatic heterocycles. The molecule has 5 nitrogen and oxygen atoms in total. The number of carbonyl (C=O) groups excluding carboxylic acids is 2. The Morgan fingerprint density at radius 2 is 1.72 bits per heavy atom. The summed E-state index contributed by atoms with van der Waals surface area (Å²) in [6.07, 6.45) is -2.10. The molecule has 2 rings (SSSR count). The van der Waals surface area contributed by atoms with Crippen molar-refractivity contribution in [3.05, 3.63) is 60.2 Å². The monoisotopic (exact) mass is 426 g/mol. The minimum Gasteiger partial charge on any atom is -0.484 e. The van der Waals surface area contributed by atoms with E-state index in [0.717, 1.165) is 0 Å². The molecule has 2 amide bonds. The molecule has 2 N–H and O–H groups in total. The number of hydrogen-bond donors (Lipinski definition) is 2. The third-order valence-corrected chi connectivity index (χ3v) is 4.44. The summed E-state index contributed by atoms with van der Waals surface area (Å²) in [5.74, 6) is -0.0659. The Bertz CT molecular complexity index is 799. The summed E-state index contributed by atoms with van der Waals surface area (Å²) in [6, 6.07) is 13.3. The molecule has 2 aromatic rings. The van der Waals surface area contributed by atoms with Crippen LogP contribution in [-0.4, -0.2) is 42.6 Å².